The Hall–Kier alpha value is -0.620. The molecule has 20 heavy (non-hydrogen) atoms. The van der Waals surface area contributed by atoms with Crippen LogP contribution in [-0.2, 0) is 11.5 Å². The second-order valence-corrected chi connectivity index (χ2v) is 6.67. The molecule has 2 aromatic rings. The molecule has 0 unspecified atom stereocenters. The van der Waals surface area contributed by atoms with Crippen LogP contribution in [-0.4, -0.2) is 16.2 Å². The molecule has 3 nitrogen and oxygen atoms in total. The normalized spacial score (nSPS) is 10.8. The largest absolute Gasteiger partial charge is 0.301 e. The lowest BCUT2D eigenvalue weighted by Crippen LogP contribution is -2.09. The van der Waals surface area contributed by atoms with E-state index in [-0.39, 0.29) is 5.56 Å². The zero-order chi connectivity index (χ0) is 14.5. The van der Waals surface area contributed by atoms with Gasteiger partial charge < -0.3 is 4.98 Å². The predicted octanol–water partition coefficient (Wildman–Crippen LogP) is 4.23. The van der Waals surface area contributed by atoms with Gasteiger partial charge in [0.05, 0.1) is 5.69 Å². The molecule has 0 amide bonds. The number of H-pyrrole nitrogens is 1. The van der Waals surface area contributed by atoms with E-state index in [9.17, 15) is 4.79 Å². The number of hydrogen-bond donors (Lipinski definition) is 1. The Kier molecular flexibility index (Phi) is 5.84. The minimum absolute atomic E-state index is 0.131. The quantitative estimate of drug-likeness (QED) is 0.649. The van der Waals surface area contributed by atoms with E-state index in [1.165, 1.54) is 17.8 Å². The summed E-state index contributed by atoms with van der Waals surface area (Å²) >= 11 is 15.0. The number of benzene rings is 1. The summed E-state index contributed by atoms with van der Waals surface area (Å²) in [5, 5.41) is 1.83. The number of aromatic nitrogens is 2. The van der Waals surface area contributed by atoms with Crippen LogP contribution in [0.3, 0.4) is 0 Å². The van der Waals surface area contributed by atoms with Crippen LogP contribution < -0.4 is 5.56 Å². The van der Waals surface area contributed by atoms with Crippen LogP contribution in [0.1, 0.15) is 11.3 Å². The highest BCUT2D eigenvalue weighted by molar-refractivity contribution is 7.98. The minimum atomic E-state index is -0.131. The van der Waals surface area contributed by atoms with Gasteiger partial charge in [0.1, 0.15) is 0 Å². The molecule has 0 aliphatic heterocycles. The molecule has 1 aromatic carbocycles. The monoisotopic (exact) mass is 346 g/mol. The van der Waals surface area contributed by atoms with Crippen molar-refractivity contribution in [1.82, 2.24) is 9.97 Å². The Labute approximate surface area is 135 Å². The topological polar surface area (TPSA) is 45.8 Å². The van der Waals surface area contributed by atoms with Crippen molar-refractivity contribution in [2.24, 2.45) is 0 Å². The van der Waals surface area contributed by atoms with Crippen LogP contribution in [0.5, 0.6) is 0 Å². The molecule has 1 N–H and O–H groups in total. The zero-order valence-corrected chi connectivity index (χ0v) is 13.8. The Morgan fingerprint density at radius 2 is 2.05 bits per heavy atom. The van der Waals surface area contributed by atoms with E-state index in [0.29, 0.717) is 21.0 Å². The summed E-state index contributed by atoms with van der Waals surface area (Å²) in [4.78, 5) is 18.7. The molecule has 1 aromatic heterocycles. The zero-order valence-electron chi connectivity index (χ0n) is 10.7. The van der Waals surface area contributed by atoms with Gasteiger partial charge in [0.25, 0.3) is 5.56 Å². The third kappa shape index (κ3) is 4.45. The molecule has 7 heteroatoms. The molecule has 106 valence electrons. The number of nitrogens with one attached hydrogen (secondary N) is 1. The fourth-order valence-corrected chi connectivity index (χ4v) is 3.46. The van der Waals surface area contributed by atoms with Crippen molar-refractivity contribution < 1.29 is 0 Å². The van der Waals surface area contributed by atoms with E-state index in [1.807, 2.05) is 12.3 Å². The molecule has 0 atom stereocenters. The lowest BCUT2D eigenvalue weighted by atomic mass is 10.2. The van der Waals surface area contributed by atoms with Crippen molar-refractivity contribution in [3.05, 3.63) is 55.9 Å². The fourth-order valence-electron chi connectivity index (χ4n) is 1.56. The first kappa shape index (κ1) is 15.8. The molecule has 0 aliphatic carbocycles. The number of nitrogens with zero attached hydrogens (tertiary/aromatic N) is 1. The van der Waals surface area contributed by atoms with Gasteiger partial charge in [-0.15, -0.1) is 0 Å². The van der Waals surface area contributed by atoms with E-state index in [0.717, 1.165) is 17.0 Å². The van der Waals surface area contributed by atoms with Gasteiger partial charge >= 0.3 is 0 Å². The first-order valence-electron chi connectivity index (χ1n) is 5.74. The number of aromatic amines is 1. The molecule has 0 radical (unpaired) electrons. The van der Waals surface area contributed by atoms with Crippen molar-refractivity contribution in [3.63, 3.8) is 0 Å². The Balaban J connectivity index is 2.12. The summed E-state index contributed by atoms with van der Waals surface area (Å²) in [5.74, 6) is 1.35. The Morgan fingerprint density at radius 3 is 2.75 bits per heavy atom. The maximum absolute atomic E-state index is 11.5. The van der Waals surface area contributed by atoms with E-state index in [1.54, 1.807) is 23.9 Å². The van der Waals surface area contributed by atoms with Gasteiger partial charge in [-0.3, -0.25) is 4.79 Å². The van der Waals surface area contributed by atoms with Crippen molar-refractivity contribution in [2.75, 3.05) is 6.26 Å². The molecule has 0 fully saturated rings. The number of rotatable bonds is 5. The van der Waals surface area contributed by atoms with Crippen LogP contribution in [0.25, 0.3) is 0 Å². The van der Waals surface area contributed by atoms with Crippen LogP contribution >= 0.6 is 46.7 Å². The smallest absolute Gasteiger partial charge is 0.251 e. The van der Waals surface area contributed by atoms with Gasteiger partial charge in [-0.05, 0) is 24.0 Å². The standard InChI is InChI=1S/C13H12Cl2N2OS2/c1-19-7-10-5-12(18)17-13(16-10)20-6-8-2-3-9(14)4-11(8)15/h2-5H,6-7H2,1H3,(H,16,17,18). The summed E-state index contributed by atoms with van der Waals surface area (Å²) in [6, 6.07) is 6.90. The lowest BCUT2D eigenvalue weighted by molar-refractivity contribution is 0.900. The van der Waals surface area contributed by atoms with Gasteiger partial charge in [-0.25, -0.2) is 4.98 Å². The van der Waals surface area contributed by atoms with Gasteiger partial charge in [-0.1, -0.05) is 41.0 Å². The van der Waals surface area contributed by atoms with Gasteiger partial charge in [-0.2, -0.15) is 11.8 Å². The highest BCUT2D eigenvalue weighted by atomic mass is 35.5. The van der Waals surface area contributed by atoms with Crippen LogP contribution in [0.4, 0.5) is 0 Å². The molecule has 0 spiro atoms. The van der Waals surface area contributed by atoms with Crippen molar-refractivity contribution in [2.45, 2.75) is 16.7 Å². The summed E-state index contributed by atoms with van der Waals surface area (Å²) in [5.41, 5.74) is 1.61. The van der Waals surface area contributed by atoms with Gasteiger partial charge in [0, 0.05) is 27.6 Å². The molecule has 0 saturated carbocycles. The van der Waals surface area contributed by atoms with E-state index < -0.39 is 0 Å². The molecule has 0 bridgehead atoms. The average molecular weight is 347 g/mol. The van der Waals surface area contributed by atoms with E-state index in [2.05, 4.69) is 9.97 Å². The van der Waals surface area contributed by atoms with Crippen molar-refractivity contribution in [1.29, 1.82) is 0 Å². The highest BCUT2D eigenvalue weighted by Gasteiger charge is 2.05. The number of thioether (sulfide) groups is 2. The number of halogens is 2. The molecular weight excluding hydrogens is 335 g/mol. The summed E-state index contributed by atoms with van der Waals surface area (Å²) in [7, 11) is 0. The second-order valence-electron chi connectivity index (χ2n) is 4.00. The van der Waals surface area contributed by atoms with Crippen molar-refractivity contribution in [3.8, 4) is 0 Å². The van der Waals surface area contributed by atoms with E-state index >= 15 is 0 Å². The summed E-state index contributed by atoms with van der Waals surface area (Å²) in [6.45, 7) is 0. The summed E-state index contributed by atoms with van der Waals surface area (Å²) in [6.07, 6.45) is 1.98. The third-order valence-electron chi connectivity index (χ3n) is 2.44. The average Bonchev–Trinajstić information content (AvgIpc) is 2.37. The molecule has 2 rings (SSSR count). The fraction of sp³-hybridized carbons (Fsp3) is 0.231. The predicted molar refractivity (Wildman–Crippen MR) is 88.1 cm³/mol. The highest BCUT2D eigenvalue weighted by Crippen LogP contribution is 2.26. The van der Waals surface area contributed by atoms with Crippen LogP contribution in [0, 0.1) is 0 Å². The number of hydrogen-bond acceptors (Lipinski definition) is 4. The maximum atomic E-state index is 11.5. The van der Waals surface area contributed by atoms with Crippen LogP contribution in [0.2, 0.25) is 10.0 Å². The van der Waals surface area contributed by atoms with Gasteiger partial charge in [0.2, 0.25) is 0 Å². The first-order chi connectivity index (χ1) is 9.58. The third-order valence-corrected chi connectivity index (χ3v) is 4.54. The molecular formula is C13H12Cl2N2OS2. The Morgan fingerprint density at radius 1 is 1.25 bits per heavy atom. The molecule has 0 saturated heterocycles. The lowest BCUT2D eigenvalue weighted by Gasteiger charge is -2.05. The second kappa shape index (κ2) is 7.41. The van der Waals surface area contributed by atoms with Gasteiger partial charge in [0.15, 0.2) is 5.16 Å². The van der Waals surface area contributed by atoms with Crippen molar-refractivity contribution >= 4 is 46.7 Å². The first-order valence-corrected chi connectivity index (χ1v) is 8.88. The summed E-state index contributed by atoms with van der Waals surface area (Å²) < 4.78 is 0. The Bertz CT molecular complexity index is 661. The molecule has 0 aliphatic rings. The van der Waals surface area contributed by atoms with Crippen LogP contribution in [0.15, 0.2) is 34.2 Å². The SMILES string of the molecule is CSCc1cc(=O)[nH]c(SCc2ccc(Cl)cc2Cl)n1. The molecule has 1 heterocycles. The van der Waals surface area contributed by atoms with E-state index in [4.69, 9.17) is 23.2 Å². The minimum Gasteiger partial charge on any atom is -0.301 e. The maximum Gasteiger partial charge on any atom is 0.251 e.